The number of nitrogens with one attached hydrogen (secondary N) is 2. The fourth-order valence-corrected chi connectivity index (χ4v) is 2.10. The minimum absolute atomic E-state index is 0.0925. The number of carbonyl (C=O) groups excluding carboxylic acids is 1. The lowest BCUT2D eigenvalue weighted by molar-refractivity contribution is 0.170. The summed E-state index contributed by atoms with van der Waals surface area (Å²) < 4.78 is 26.3. The van der Waals surface area contributed by atoms with Crippen molar-refractivity contribution in [2.75, 3.05) is 11.9 Å². The van der Waals surface area contributed by atoms with Crippen LogP contribution in [0.5, 0.6) is 0 Å². The summed E-state index contributed by atoms with van der Waals surface area (Å²) >= 11 is 5.95. The average molecular weight is 341 g/mol. The molecule has 3 N–H and O–H groups in total. The number of benzene rings is 2. The van der Waals surface area contributed by atoms with Crippen molar-refractivity contribution in [2.45, 2.75) is 13.0 Å². The molecular weight excluding hydrogens is 326 g/mol. The SMILES string of the molecule is Cc1ccc(NC(=O)NCC(O)c2ccc(F)cc2F)cc1Cl. The number of rotatable bonds is 4. The van der Waals surface area contributed by atoms with Gasteiger partial charge in [-0.25, -0.2) is 13.6 Å². The molecule has 0 aliphatic heterocycles. The van der Waals surface area contributed by atoms with Crippen molar-refractivity contribution in [3.05, 3.63) is 64.2 Å². The van der Waals surface area contributed by atoms with Gasteiger partial charge >= 0.3 is 6.03 Å². The highest BCUT2D eigenvalue weighted by Gasteiger charge is 2.14. The predicted molar refractivity (Wildman–Crippen MR) is 84.5 cm³/mol. The lowest BCUT2D eigenvalue weighted by atomic mass is 10.1. The second-order valence-corrected chi connectivity index (χ2v) is 5.39. The van der Waals surface area contributed by atoms with Crippen molar-refractivity contribution < 1.29 is 18.7 Å². The summed E-state index contributed by atoms with van der Waals surface area (Å²) in [5.74, 6) is -1.61. The summed E-state index contributed by atoms with van der Waals surface area (Å²) in [7, 11) is 0. The minimum atomic E-state index is -1.29. The van der Waals surface area contributed by atoms with Gasteiger partial charge in [0.15, 0.2) is 0 Å². The molecular formula is C16H15ClF2N2O2. The molecule has 0 aliphatic carbocycles. The summed E-state index contributed by atoms with van der Waals surface area (Å²) in [6.45, 7) is 1.60. The number of hydrogen-bond acceptors (Lipinski definition) is 2. The number of aliphatic hydroxyl groups excluding tert-OH is 1. The lowest BCUT2D eigenvalue weighted by Gasteiger charge is -2.14. The van der Waals surface area contributed by atoms with Gasteiger partial charge in [-0.2, -0.15) is 0 Å². The highest BCUT2D eigenvalue weighted by molar-refractivity contribution is 6.31. The first kappa shape index (κ1) is 17.2. The van der Waals surface area contributed by atoms with E-state index in [-0.39, 0.29) is 12.1 Å². The second-order valence-electron chi connectivity index (χ2n) is 4.98. The zero-order valence-electron chi connectivity index (χ0n) is 12.2. The maximum atomic E-state index is 13.5. The molecule has 2 amide bonds. The van der Waals surface area contributed by atoms with E-state index in [1.54, 1.807) is 18.2 Å². The molecule has 0 saturated heterocycles. The molecule has 1 atom stereocenters. The Morgan fingerprint density at radius 3 is 2.65 bits per heavy atom. The highest BCUT2D eigenvalue weighted by Crippen LogP contribution is 2.20. The van der Waals surface area contributed by atoms with Crippen molar-refractivity contribution in [1.29, 1.82) is 0 Å². The van der Waals surface area contributed by atoms with Crippen molar-refractivity contribution in [2.24, 2.45) is 0 Å². The van der Waals surface area contributed by atoms with Gasteiger partial charge in [-0.15, -0.1) is 0 Å². The molecule has 122 valence electrons. The lowest BCUT2D eigenvalue weighted by Crippen LogP contribution is -2.32. The second kappa shape index (κ2) is 7.39. The van der Waals surface area contributed by atoms with Crippen LogP contribution in [0.1, 0.15) is 17.2 Å². The minimum Gasteiger partial charge on any atom is -0.386 e. The van der Waals surface area contributed by atoms with Crippen LogP contribution in [0.4, 0.5) is 19.3 Å². The van der Waals surface area contributed by atoms with Crippen LogP contribution < -0.4 is 10.6 Å². The molecule has 0 fully saturated rings. The molecule has 0 aromatic heterocycles. The number of carbonyl (C=O) groups is 1. The van der Waals surface area contributed by atoms with Gasteiger partial charge in [-0.05, 0) is 30.7 Å². The van der Waals surface area contributed by atoms with Gasteiger partial charge < -0.3 is 15.7 Å². The Morgan fingerprint density at radius 1 is 1.26 bits per heavy atom. The fraction of sp³-hybridized carbons (Fsp3) is 0.188. The van der Waals surface area contributed by atoms with E-state index in [0.29, 0.717) is 16.8 Å². The van der Waals surface area contributed by atoms with E-state index in [9.17, 15) is 18.7 Å². The summed E-state index contributed by atoms with van der Waals surface area (Å²) in [5, 5.41) is 15.3. The van der Waals surface area contributed by atoms with Crippen molar-refractivity contribution in [1.82, 2.24) is 5.32 Å². The zero-order chi connectivity index (χ0) is 17.0. The summed E-state index contributed by atoms with van der Waals surface area (Å²) in [5.41, 5.74) is 1.27. The van der Waals surface area contributed by atoms with E-state index in [1.165, 1.54) is 0 Å². The Morgan fingerprint density at radius 2 is 2.00 bits per heavy atom. The van der Waals surface area contributed by atoms with Crippen LogP contribution in [-0.2, 0) is 0 Å². The van der Waals surface area contributed by atoms with E-state index in [1.807, 2.05) is 6.92 Å². The van der Waals surface area contributed by atoms with E-state index in [2.05, 4.69) is 10.6 Å². The quantitative estimate of drug-likeness (QED) is 0.793. The first-order valence-corrected chi connectivity index (χ1v) is 7.18. The van der Waals surface area contributed by atoms with Crippen LogP contribution in [0.15, 0.2) is 36.4 Å². The Bertz CT molecular complexity index is 725. The molecule has 0 spiro atoms. The first-order chi connectivity index (χ1) is 10.9. The third-order valence-electron chi connectivity index (χ3n) is 3.21. The van der Waals surface area contributed by atoms with E-state index >= 15 is 0 Å². The Balaban J connectivity index is 1.91. The number of anilines is 1. The molecule has 2 rings (SSSR count). The number of aryl methyl sites for hydroxylation is 1. The normalized spacial score (nSPS) is 11.9. The molecule has 7 heteroatoms. The molecule has 0 heterocycles. The molecule has 4 nitrogen and oxygen atoms in total. The van der Waals surface area contributed by atoms with Gasteiger partial charge in [0.25, 0.3) is 0 Å². The van der Waals surface area contributed by atoms with Gasteiger partial charge in [0, 0.05) is 28.9 Å². The highest BCUT2D eigenvalue weighted by atomic mass is 35.5. The van der Waals surface area contributed by atoms with Crippen molar-refractivity contribution >= 4 is 23.3 Å². The molecule has 0 bridgehead atoms. The van der Waals surface area contributed by atoms with Crippen LogP contribution in [0.2, 0.25) is 5.02 Å². The molecule has 1 unspecified atom stereocenters. The number of hydrogen-bond donors (Lipinski definition) is 3. The molecule has 0 radical (unpaired) electrons. The average Bonchev–Trinajstić information content (AvgIpc) is 2.48. The van der Waals surface area contributed by atoms with Crippen LogP contribution in [0, 0.1) is 18.6 Å². The van der Waals surface area contributed by atoms with Gasteiger partial charge in [-0.1, -0.05) is 23.7 Å². The third-order valence-corrected chi connectivity index (χ3v) is 3.61. The van der Waals surface area contributed by atoms with Crippen molar-refractivity contribution in [3.8, 4) is 0 Å². The Hall–Kier alpha value is -2.18. The predicted octanol–water partition coefficient (Wildman–Crippen LogP) is 3.78. The molecule has 2 aromatic carbocycles. The molecule has 23 heavy (non-hydrogen) atoms. The number of amides is 2. The van der Waals surface area contributed by atoms with Crippen molar-refractivity contribution in [3.63, 3.8) is 0 Å². The van der Waals surface area contributed by atoms with Crippen LogP contribution in [0.25, 0.3) is 0 Å². The smallest absolute Gasteiger partial charge is 0.319 e. The number of aliphatic hydroxyl groups is 1. The number of urea groups is 1. The summed E-state index contributed by atoms with van der Waals surface area (Å²) in [6, 6.07) is 7.29. The van der Waals surface area contributed by atoms with E-state index in [4.69, 9.17) is 11.6 Å². The standard InChI is InChI=1S/C16H15ClF2N2O2/c1-9-2-4-11(7-13(9)17)21-16(23)20-8-15(22)12-5-3-10(18)6-14(12)19/h2-7,15,22H,8H2,1H3,(H2,20,21,23). The Labute approximate surface area is 137 Å². The van der Waals surface area contributed by atoms with Crippen LogP contribution in [-0.4, -0.2) is 17.7 Å². The van der Waals surface area contributed by atoms with Gasteiger partial charge in [-0.3, -0.25) is 0 Å². The van der Waals surface area contributed by atoms with Crippen LogP contribution >= 0.6 is 11.6 Å². The monoisotopic (exact) mass is 340 g/mol. The summed E-state index contributed by atoms with van der Waals surface area (Å²) in [4.78, 5) is 11.8. The maximum Gasteiger partial charge on any atom is 0.319 e. The maximum absolute atomic E-state index is 13.5. The van der Waals surface area contributed by atoms with Crippen LogP contribution in [0.3, 0.4) is 0 Å². The Kier molecular flexibility index (Phi) is 5.52. The van der Waals surface area contributed by atoms with E-state index < -0.39 is 23.8 Å². The van der Waals surface area contributed by atoms with Gasteiger partial charge in [0.2, 0.25) is 0 Å². The third kappa shape index (κ3) is 4.64. The summed E-state index contributed by atoms with van der Waals surface area (Å²) in [6.07, 6.45) is -1.29. The first-order valence-electron chi connectivity index (χ1n) is 6.81. The zero-order valence-corrected chi connectivity index (χ0v) is 13.0. The molecule has 0 saturated carbocycles. The molecule has 2 aromatic rings. The fourth-order valence-electron chi connectivity index (χ4n) is 1.92. The van der Waals surface area contributed by atoms with E-state index in [0.717, 1.165) is 17.7 Å². The van der Waals surface area contributed by atoms with Gasteiger partial charge in [0.1, 0.15) is 11.6 Å². The van der Waals surface area contributed by atoms with Gasteiger partial charge in [0.05, 0.1) is 6.10 Å². The molecule has 0 aliphatic rings. The number of halogens is 3. The topological polar surface area (TPSA) is 61.4 Å². The largest absolute Gasteiger partial charge is 0.386 e.